The Bertz CT molecular complexity index is 1080. The van der Waals surface area contributed by atoms with E-state index in [1.807, 2.05) is 31.2 Å². The number of fused-ring (bicyclic) bond motifs is 3. The lowest BCUT2D eigenvalue weighted by molar-refractivity contribution is -0.116. The molecule has 3 N–H and O–H groups in total. The van der Waals surface area contributed by atoms with Gasteiger partial charge in [-0.15, -0.1) is 21.5 Å². The molecule has 0 unspecified atom stereocenters. The minimum atomic E-state index is -0.0814. The second kappa shape index (κ2) is 7.29. The van der Waals surface area contributed by atoms with Gasteiger partial charge in [0.1, 0.15) is 17.4 Å². The highest BCUT2D eigenvalue weighted by atomic mass is 32.1. The van der Waals surface area contributed by atoms with Gasteiger partial charge in [-0.1, -0.05) is 12.1 Å². The van der Waals surface area contributed by atoms with Gasteiger partial charge in [-0.25, -0.2) is 0 Å². The van der Waals surface area contributed by atoms with Crippen molar-refractivity contribution in [3.8, 4) is 5.00 Å². The van der Waals surface area contributed by atoms with E-state index in [-0.39, 0.29) is 5.91 Å². The smallest absolute Gasteiger partial charge is 0.225 e. The molecule has 7 nitrogen and oxygen atoms in total. The molecule has 1 aliphatic heterocycles. The van der Waals surface area contributed by atoms with Crippen LogP contribution in [0.25, 0.3) is 5.00 Å². The second-order valence-corrected chi connectivity index (χ2v) is 7.99. The number of nitrogens with zero attached hydrogens (tertiary/aromatic N) is 4. The molecule has 0 atom stereocenters. The number of hydrogen-bond donors (Lipinski definition) is 2. The normalized spacial score (nSPS) is 12.8. The minimum Gasteiger partial charge on any atom is -0.330 e. The molecule has 0 saturated heterocycles. The molecule has 144 valence electrons. The van der Waals surface area contributed by atoms with Crippen molar-refractivity contribution in [1.29, 1.82) is 0 Å². The van der Waals surface area contributed by atoms with Crippen LogP contribution in [0.3, 0.4) is 0 Å². The van der Waals surface area contributed by atoms with Gasteiger partial charge in [0.05, 0.1) is 5.71 Å². The highest BCUT2D eigenvalue weighted by molar-refractivity contribution is 7.15. The molecule has 0 saturated carbocycles. The first kappa shape index (κ1) is 18.5. The molecule has 2 aromatic heterocycles. The van der Waals surface area contributed by atoms with Crippen molar-refractivity contribution < 1.29 is 4.79 Å². The van der Waals surface area contributed by atoms with Crippen LogP contribution >= 0.6 is 11.3 Å². The van der Waals surface area contributed by atoms with E-state index in [1.165, 1.54) is 10.4 Å². The summed E-state index contributed by atoms with van der Waals surface area (Å²) < 4.78 is 2.11. The molecule has 28 heavy (non-hydrogen) atoms. The Balaban J connectivity index is 1.75. The monoisotopic (exact) mass is 394 g/mol. The SMILES string of the molecule is Cc1sc2c(c1C)C(c1ccc(NC(=O)CCN)cc1)=NCc1nnc(C)n1-2. The van der Waals surface area contributed by atoms with Gasteiger partial charge >= 0.3 is 0 Å². The Hall–Kier alpha value is -2.84. The molecule has 1 aromatic carbocycles. The molecular formula is C20H22N6OS. The van der Waals surface area contributed by atoms with Crippen molar-refractivity contribution in [2.45, 2.75) is 33.7 Å². The van der Waals surface area contributed by atoms with Crippen LogP contribution in [0.4, 0.5) is 5.69 Å². The fourth-order valence-corrected chi connectivity index (χ4v) is 4.57. The molecule has 4 rings (SSSR count). The topological polar surface area (TPSA) is 98.2 Å². The average Bonchev–Trinajstić information content (AvgIpc) is 3.11. The van der Waals surface area contributed by atoms with Crippen molar-refractivity contribution in [3.05, 3.63) is 57.5 Å². The van der Waals surface area contributed by atoms with Crippen LogP contribution in [0, 0.1) is 20.8 Å². The number of aliphatic imine (C=N–C) groups is 1. The van der Waals surface area contributed by atoms with E-state index < -0.39 is 0 Å². The number of thiophene rings is 1. The number of amides is 1. The zero-order chi connectivity index (χ0) is 19.8. The number of nitrogens with one attached hydrogen (secondary N) is 1. The number of rotatable bonds is 4. The average molecular weight is 395 g/mol. The third kappa shape index (κ3) is 3.14. The summed E-state index contributed by atoms with van der Waals surface area (Å²) in [5, 5.41) is 12.5. The number of carbonyl (C=O) groups excluding carboxylic acids is 1. The van der Waals surface area contributed by atoms with E-state index in [0.29, 0.717) is 19.5 Å². The summed E-state index contributed by atoms with van der Waals surface area (Å²) in [5.74, 6) is 1.63. The van der Waals surface area contributed by atoms with Gasteiger partial charge < -0.3 is 11.1 Å². The summed E-state index contributed by atoms with van der Waals surface area (Å²) in [6.07, 6.45) is 0.310. The molecule has 3 aromatic rings. The lowest BCUT2D eigenvalue weighted by atomic mass is 9.99. The van der Waals surface area contributed by atoms with E-state index in [4.69, 9.17) is 10.7 Å². The number of carbonyl (C=O) groups is 1. The van der Waals surface area contributed by atoms with E-state index in [1.54, 1.807) is 11.3 Å². The van der Waals surface area contributed by atoms with Gasteiger partial charge in [-0.05, 0) is 38.5 Å². The third-order valence-corrected chi connectivity index (χ3v) is 6.08. The highest BCUT2D eigenvalue weighted by Crippen LogP contribution is 2.36. The quantitative estimate of drug-likeness (QED) is 0.711. The predicted molar refractivity (Wildman–Crippen MR) is 112 cm³/mol. The number of aryl methyl sites for hydroxylation is 2. The first-order valence-corrected chi connectivity index (χ1v) is 9.97. The zero-order valence-electron chi connectivity index (χ0n) is 16.1. The Morgan fingerprint density at radius 3 is 2.68 bits per heavy atom. The number of benzene rings is 1. The Morgan fingerprint density at radius 1 is 1.21 bits per heavy atom. The molecule has 0 fully saturated rings. The lowest BCUT2D eigenvalue weighted by Crippen LogP contribution is -2.16. The summed E-state index contributed by atoms with van der Waals surface area (Å²) in [6.45, 7) is 7.04. The molecule has 3 heterocycles. The predicted octanol–water partition coefficient (Wildman–Crippen LogP) is 2.89. The number of hydrogen-bond acceptors (Lipinski definition) is 6. The van der Waals surface area contributed by atoms with Crippen LogP contribution in [-0.4, -0.2) is 32.9 Å². The summed E-state index contributed by atoms with van der Waals surface area (Å²) in [6, 6.07) is 7.78. The summed E-state index contributed by atoms with van der Waals surface area (Å²) in [4.78, 5) is 17.9. The first-order valence-electron chi connectivity index (χ1n) is 9.16. The molecule has 8 heteroatoms. The summed E-state index contributed by atoms with van der Waals surface area (Å²) in [7, 11) is 0. The Kier molecular flexibility index (Phi) is 4.82. The van der Waals surface area contributed by atoms with Crippen molar-refractivity contribution in [2.24, 2.45) is 10.7 Å². The minimum absolute atomic E-state index is 0.0814. The summed E-state index contributed by atoms with van der Waals surface area (Å²) in [5.41, 5.74) is 10.5. The molecule has 1 amide bonds. The van der Waals surface area contributed by atoms with E-state index in [0.717, 1.165) is 39.2 Å². The van der Waals surface area contributed by atoms with E-state index >= 15 is 0 Å². The van der Waals surface area contributed by atoms with E-state index in [2.05, 4.69) is 33.9 Å². The maximum Gasteiger partial charge on any atom is 0.225 e. The van der Waals surface area contributed by atoms with Crippen LogP contribution in [0.15, 0.2) is 29.3 Å². The second-order valence-electron chi connectivity index (χ2n) is 6.79. The number of nitrogens with two attached hydrogens (primary N) is 1. The largest absolute Gasteiger partial charge is 0.330 e. The van der Waals surface area contributed by atoms with E-state index in [9.17, 15) is 4.79 Å². The van der Waals surface area contributed by atoms with Crippen LogP contribution in [0.2, 0.25) is 0 Å². The van der Waals surface area contributed by atoms with Crippen LogP contribution in [0.5, 0.6) is 0 Å². The molecular weight excluding hydrogens is 372 g/mol. The number of anilines is 1. The van der Waals surface area contributed by atoms with Crippen molar-refractivity contribution in [1.82, 2.24) is 14.8 Å². The standard InChI is InChI=1S/C20H22N6OS/c1-11-12(2)28-20-18(11)19(22-10-16-25-24-13(3)26(16)20)14-4-6-15(7-5-14)23-17(27)8-9-21/h4-7H,8-10,21H2,1-3H3,(H,23,27). The fourth-order valence-electron chi connectivity index (χ4n) is 3.35. The van der Waals surface area contributed by atoms with Crippen molar-refractivity contribution in [3.63, 3.8) is 0 Å². The maximum absolute atomic E-state index is 11.8. The van der Waals surface area contributed by atoms with Gasteiger partial charge in [0.15, 0.2) is 5.82 Å². The third-order valence-electron chi connectivity index (χ3n) is 4.89. The lowest BCUT2D eigenvalue weighted by Gasteiger charge is -2.10. The molecule has 0 aliphatic carbocycles. The summed E-state index contributed by atoms with van der Waals surface area (Å²) >= 11 is 1.74. The van der Waals surface area contributed by atoms with Gasteiger partial charge in [-0.3, -0.25) is 14.4 Å². The van der Waals surface area contributed by atoms with Crippen molar-refractivity contribution in [2.75, 3.05) is 11.9 Å². The van der Waals surface area contributed by atoms with Crippen LogP contribution in [-0.2, 0) is 11.3 Å². The van der Waals surface area contributed by atoms with Crippen LogP contribution in [0.1, 0.15) is 39.6 Å². The Morgan fingerprint density at radius 2 is 1.96 bits per heavy atom. The molecule has 0 bridgehead atoms. The molecule has 1 aliphatic rings. The van der Waals surface area contributed by atoms with Crippen molar-refractivity contribution >= 4 is 28.6 Å². The zero-order valence-corrected chi connectivity index (χ0v) is 16.9. The molecule has 0 spiro atoms. The van der Waals surface area contributed by atoms with Gasteiger partial charge in [0.25, 0.3) is 0 Å². The van der Waals surface area contributed by atoms with Gasteiger partial charge in [0, 0.05) is 34.7 Å². The first-order chi connectivity index (χ1) is 13.5. The van der Waals surface area contributed by atoms with Crippen LogP contribution < -0.4 is 11.1 Å². The highest BCUT2D eigenvalue weighted by Gasteiger charge is 2.26. The number of aromatic nitrogens is 3. The fraction of sp³-hybridized carbons (Fsp3) is 0.300. The Labute approximate surface area is 167 Å². The maximum atomic E-state index is 11.8. The van der Waals surface area contributed by atoms with Gasteiger partial charge in [0.2, 0.25) is 5.91 Å². The molecule has 0 radical (unpaired) electrons. The van der Waals surface area contributed by atoms with Gasteiger partial charge in [-0.2, -0.15) is 0 Å².